The van der Waals surface area contributed by atoms with Crippen molar-refractivity contribution in [3.8, 4) is 0 Å². The maximum Gasteiger partial charge on any atom is 0.407 e. The average Bonchev–Trinajstić information content (AvgIpc) is 3.73. The van der Waals surface area contributed by atoms with Crippen LogP contribution in [0.1, 0.15) is 56.8 Å². The summed E-state index contributed by atoms with van der Waals surface area (Å²) in [5.41, 5.74) is 4.97. The Hall–Kier alpha value is -5.50. The fraction of sp³-hybridized carbons (Fsp3) is 0.533. The summed E-state index contributed by atoms with van der Waals surface area (Å²) >= 11 is 0. The highest BCUT2D eigenvalue weighted by molar-refractivity contribution is 5.92. The molecule has 0 radical (unpaired) electrons. The zero-order valence-electron chi connectivity index (χ0n) is 27.5. The van der Waals surface area contributed by atoms with Crippen LogP contribution < -0.4 is 27.0 Å². The number of aromatic nitrogens is 3. The van der Waals surface area contributed by atoms with Gasteiger partial charge in [-0.05, 0) is 38.7 Å². The number of aliphatic hydroxyl groups excluding tert-OH is 1. The molecule has 0 aliphatic carbocycles. The third-order valence-corrected chi connectivity index (χ3v) is 7.89. The van der Waals surface area contributed by atoms with Crippen molar-refractivity contribution in [1.82, 2.24) is 41.2 Å². The van der Waals surface area contributed by atoms with Crippen LogP contribution >= 0.6 is 0 Å². The standard InChI is InChI=1S/C30H43N9O11/c1-30(2,49)22-14-34-37-39(22)18-12-21(38(15-18)26(43)20(36-28(46)47)13-33-27(44)45)25(42)35-19(23(40)24(31)41)10-6-7-11-32-29(48)50-16-17-8-4-3-5-9-17/h3-5,8-9,14,18-21,23,33,36,40,49H,6-7,10-13,15-16H2,1-2H3,(H2,31,41)(H,32,48)(H,35,42)(H,44,45)(H,46,47)/t18-,19?,20+,21-,23?/m0/s1. The fourth-order valence-corrected chi connectivity index (χ4v) is 5.41. The van der Waals surface area contributed by atoms with E-state index in [1.165, 1.54) is 24.7 Å². The fourth-order valence-electron chi connectivity index (χ4n) is 5.41. The van der Waals surface area contributed by atoms with Gasteiger partial charge in [0.15, 0.2) is 6.10 Å². The zero-order chi connectivity index (χ0) is 37.0. The van der Waals surface area contributed by atoms with E-state index in [0.29, 0.717) is 12.8 Å². The van der Waals surface area contributed by atoms with E-state index in [1.807, 2.05) is 28.8 Å². The summed E-state index contributed by atoms with van der Waals surface area (Å²) in [4.78, 5) is 75.1. The van der Waals surface area contributed by atoms with E-state index >= 15 is 0 Å². The molecular formula is C30H43N9O11. The van der Waals surface area contributed by atoms with Crippen molar-refractivity contribution < 1.29 is 53.9 Å². The molecule has 5 atom stereocenters. The Morgan fingerprint density at radius 1 is 1.04 bits per heavy atom. The van der Waals surface area contributed by atoms with Gasteiger partial charge in [-0.3, -0.25) is 14.4 Å². The number of nitrogens with one attached hydrogen (secondary N) is 4. The van der Waals surface area contributed by atoms with E-state index in [1.54, 1.807) is 12.1 Å². The molecule has 1 aromatic carbocycles. The van der Waals surface area contributed by atoms with Crippen LogP contribution in [0.4, 0.5) is 14.4 Å². The van der Waals surface area contributed by atoms with Crippen molar-refractivity contribution >= 4 is 36.0 Å². The number of carboxylic acid groups (broad SMARTS) is 2. The first kappa shape index (κ1) is 38.9. The molecule has 0 bridgehead atoms. The van der Waals surface area contributed by atoms with E-state index in [4.69, 9.17) is 15.6 Å². The lowest BCUT2D eigenvalue weighted by molar-refractivity contribution is -0.141. The van der Waals surface area contributed by atoms with Crippen LogP contribution in [0, 0.1) is 0 Å². The van der Waals surface area contributed by atoms with Gasteiger partial charge in [-0.25, -0.2) is 19.1 Å². The van der Waals surface area contributed by atoms with Gasteiger partial charge < -0.3 is 57.1 Å². The van der Waals surface area contributed by atoms with E-state index in [9.17, 15) is 44.1 Å². The summed E-state index contributed by atoms with van der Waals surface area (Å²) in [5.74, 6) is -2.91. The van der Waals surface area contributed by atoms with Gasteiger partial charge in [0.2, 0.25) is 17.7 Å². The average molecular weight is 706 g/mol. The lowest BCUT2D eigenvalue weighted by Gasteiger charge is -2.30. The third kappa shape index (κ3) is 11.3. The van der Waals surface area contributed by atoms with Crippen LogP contribution in [0.2, 0.25) is 0 Å². The minimum Gasteiger partial charge on any atom is -0.465 e. The molecule has 1 saturated heterocycles. The maximum atomic E-state index is 13.8. The van der Waals surface area contributed by atoms with Crippen LogP contribution in [-0.2, 0) is 31.3 Å². The molecule has 274 valence electrons. The van der Waals surface area contributed by atoms with Crippen LogP contribution in [0.5, 0.6) is 0 Å². The molecule has 0 spiro atoms. The molecule has 50 heavy (non-hydrogen) atoms. The van der Waals surface area contributed by atoms with E-state index in [0.717, 1.165) is 10.5 Å². The Kier molecular flexibility index (Phi) is 13.8. The number of alkyl carbamates (subject to hydrolysis) is 1. The second-order valence-corrected chi connectivity index (χ2v) is 12.2. The summed E-state index contributed by atoms with van der Waals surface area (Å²) in [6.45, 7) is 2.32. The number of ether oxygens (including phenoxy) is 1. The second-order valence-electron chi connectivity index (χ2n) is 12.2. The van der Waals surface area contributed by atoms with Gasteiger partial charge in [0.05, 0.1) is 30.5 Å². The minimum atomic E-state index is -1.83. The molecule has 1 aliphatic rings. The Balaban J connectivity index is 1.73. The molecule has 20 heteroatoms. The lowest BCUT2D eigenvalue weighted by Crippen LogP contribution is -2.58. The van der Waals surface area contributed by atoms with Gasteiger partial charge in [-0.15, -0.1) is 5.10 Å². The van der Waals surface area contributed by atoms with E-state index in [2.05, 4.69) is 20.9 Å². The quantitative estimate of drug-likeness (QED) is 0.0892. The summed E-state index contributed by atoms with van der Waals surface area (Å²) in [5, 5.41) is 56.5. The number of rotatable bonds is 17. The van der Waals surface area contributed by atoms with Crippen molar-refractivity contribution in [2.75, 3.05) is 19.6 Å². The molecule has 3 rings (SSSR count). The number of carbonyl (C=O) groups is 6. The number of unbranched alkanes of at least 4 members (excludes halogenated alkanes) is 1. The van der Waals surface area contributed by atoms with Crippen LogP contribution in [-0.4, -0.2) is 120 Å². The first-order chi connectivity index (χ1) is 23.6. The van der Waals surface area contributed by atoms with Gasteiger partial charge >= 0.3 is 18.3 Å². The molecule has 10 N–H and O–H groups in total. The molecule has 20 nitrogen and oxygen atoms in total. The molecule has 1 aliphatic heterocycles. The number of nitrogens with zero attached hydrogens (tertiary/aromatic N) is 4. The van der Waals surface area contributed by atoms with E-state index < -0.39 is 78.4 Å². The monoisotopic (exact) mass is 705 g/mol. The lowest BCUT2D eigenvalue weighted by atomic mass is 10.0. The molecule has 0 saturated carbocycles. The molecule has 2 aromatic rings. The van der Waals surface area contributed by atoms with Gasteiger partial charge in [0.25, 0.3) is 0 Å². The van der Waals surface area contributed by atoms with Crippen LogP contribution in [0.25, 0.3) is 0 Å². The first-order valence-electron chi connectivity index (χ1n) is 15.7. The van der Waals surface area contributed by atoms with Crippen molar-refractivity contribution in [2.45, 2.75) is 82.0 Å². The molecular weight excluding hydrogens is 662 g/mol. The minimum absolute atomic E-state index is 0.0261. The molecule has 1 fully saturated rings. The SMILES string of the molecule is CC(C)(O)c1cnnn1[C@H]1C[C@@H](C(=O)NC(CCCCNC(=O)OCc2ccccc2)C(O)C(N)=O)N(C(=O)[C@@H](CNC(=O)O)NC(=O)O)C1. The first-order valence-corrected chi connectivity index (χ1v) is 15.7. The number of aliphatic hydroxyl groups is 2. The Morgan fingerprint density at radius 3 is 2.36 bits per heavy atom. The highest BCUT2D eigenvalue weighted by Crippen LogP contribution is 2.31. The van der Waals surface area contributed by atoms with Crippen molar-refractivity contribution in [3.63, 3.8) is 0 Å². The molecule has 2 unspecified atom stereocenters. The molecule has 2 heterocycles. The highest BCUT2D eigenvalue weighted by Gasteiger charge is 2.45. The predicted molar refractivity (Wildman–Crippen MR) is 171 cm³/mol. The predicted octanol–water partition coefficient (Wildman–Crippen LogP) is -1.02. The number of hydrogen-bond donors (Lipinski definition) is 9. The largest absolute Gasteiger partial charge is 0.465 e. The smallest absolute Gasteiger partial charge is 0.407 e. The second kappa shape index (κ2) is 17.8. The van der Waals surface area contributed by atoms with Gasteiger partial charge in [-0.1, -0.05) is 35.5 Å². The summed E-state index contributed by atoms with van der Waals surface area (Å²) < 4.78 is 6.49. The molecule has 6 amide bonds. The van der Waals surface area contributed by atoms with Gasteiger partial charge in [-0.2, -0.15) is 0 Å². The summed E-state index contributed by atoms with van der Waals surface area (Å²) in [6, 6.07) is 4.10. The van der Waals surface area contributed by atoms with Gasteiger partial charge in [0.1, 0.15) is 24.3 Å². The van der Waals surface area contributed by atoms with E-state index in [-0.39, 0.29) is 38.2 Å². The number of amides is 6. The van der Waals surface area contributed by atoms with Crippen LogP contribution in [0.3, 0.4) is 0 Å². The number of benzene rings is 1. The topological polar surface area (TPSA) is 301 Å². The number of likely N-dealkylation sites (tertiary alicyclic amines) is 1. The number of carbonyl (C=O) groups excluding carboxylic acids is 4. The van der Waals surface area contributed by atoms with Gasteiger partial charge in [0, 0.05) is 19.5 Å². The summed E-state index contributed by atoms with van der Waals surface area (Å²) in [7, 11) is 0. The number of hydrogen-bond acceptors (Lipinski definition) is 11. The van der Waals surface area contributed by atoms with Crippen molar-refractivity contribution in [2.24, 2.45) is 5.73 Å². The Bertz CT molecular complexity index is 1500. The number of nitrogens with two attached hydrogens (primary N) is 1. The highest BCUT2D eigenvalue weighted by atomic mass is 16.5. The number of primary amides is 1. The Labute approximate surface area is 286 Å². The van der Waals surface area contributed by atoms with Crippen molar-refractivity contribution in [3.05, 3.63) is 47.8 Å². The third-order valence-electron chi connectivity index (χ3n) is 7.89. The zero-order valence-corrected chi connectivity index (χ0v) is 27.5. The maximum absolute atomic E-state index is 13.8. The molecule has 1 aromatic heterocycles. The summed E-state index contributed by atoms with van der Waals surface area (Å²) in [6.07, 6.45) is -3.76. The van der Waals surface area contributed by atoms with Crippen molar-refractivity contribution in [1.29, 1.82) is 0 Å². The normalized spacial score (nSPS) is 17.6. The Morgan fingerprint density at radius 2 is 1.74 bits per heavy atom. The van der Waals surface area contributed by atoms with Crippen LogP contribution in [0.15, 0.2) is 36.5 Å².